The summed E-state index contributed by atoms with van der Waals surface area (Å²) in [6.07, 6.45) is 1.06. The Balaban J connectivity index is 1.82. The van der Waals surface area contributed by atoms with Gasteiger partial charge in [-0.3, -0.25) is 4.31 Å². The Hall–Kier alpha value is -3.28. The Kier molecular flexibility index (Phi) is 8.91. The molecule has 0 saturated carbocycles. The molecule has 3 aromatic rings. The summed E-state index contributed by atoms with van der Waals surface area (Å²) in [5, 5.41) is 10.3. The largest absolute Gasteiger partial charge is 0.486 e. The average Bonchev–Trinajstić information content (AvgIpc) is 2.88. The summed E-state index contributed by atoms with van der Waals surface area (Å²) in [6.45, 7) is 1.22. The van der Waals surface area contributed by atoms with Crippen LogP contribution in [-0.2, 0) is 10.0 Å². The number of alkyl halides is 2. The van der Waals surface area contributed by atoms with Gasteiger partial charge in [-0.1, -0.05) is 23.7 Å². The van der Waals surface area contributed by atoms with Gasteiger partial charge in [0.25, 0.3) is 10.0 Å². The Labute approximate surface area is 240 Å². The highest BCUT2D eigenvalue weighted by Gasteiger charge is 2.38. The van der Waals surface area contributed by atoms with Crippen molar-refractivity contribution in [1.29, 1.82) is 0 Å². The third kappa shape index (κ3) is 6.97. The number of hydrogen-bond donors (Lipinski definition) is 1. The number of fused-ring (bicyclic) bond motifs is 1. The fourth-order valence-electron chi connectivity index (χ4n) is 4.50. The van der Waals surface area contributed by atoms with E-state index in [9.17, 15) is 26.7 Å². The lowest BCUT2D eigenvalue weighted by Crippen LogP contribution is -2.44. The van der Waals surface area contributed by atoms with Gasteiger partial charge in [0, 0.05) is 17.2 Å². The van der Waals surface area contributed by atoms with E-state index in [4.69, 9.17) is 16.3 Å². The minimum atomic E-state index is -4.53. The first-order valence-electron chi connectivity index (χ1n) is 12.6. The van der Waals surface area contributed by atoms with Gasteiger partial charge in [-0.2, -0.15) is 8.78 Å². The van der Waals surface area contributed by atoms with Crippen LogP contribution in [0.25, 0.3) is 11.6 Å². The normalized spacial score (nSPS) is 16.0. The van der Waals surface area contributed by atoms with Gasteiger partial charge < -0.3 is 14.6 Å². The first-order valence-corrected chi connectivity index (χ1v) is 14.4. The third-order valence-electron chi connectivity index (χ3n) is 6.45. The molecule has 41 heavy (non-hydrogen) atoms. The van der Waals surface area contributed by atoms with Crippen LogP contribution in [0.2, 0.25) is 5.02 Å². The van der Waals surface area contributed by atoms with E-state index in [1.807, 2.05) is 0 Å². The van der Waals surface area contributed by atoms with Gasteiger partial charge >= 0.3 is 6.61 Å². The fourth-order valence-corrected chi connectivity index (χ4v) is 6.35. The van der Waals surface area contributed by atoms with E-state index in [0.717, 1.165) is 10.4 Å². The molecule has 1 atom stereocenters. The Morgan fingerprint density at radius 3 is 2.56 bits per heavy atom. The van der Waals surface area contributed by atoms with Gasteiger partial charge in [0.15, 0.2) is 5.82 Å². The van der Waals surface area contributed by atoms with Crippen LogP contribution in [0.3, 0.4) is 0 Å². The molecule has 0 spiro atoms. The lowest BCUT2D eigenvalue weighted by atomic mass is 9.99. The van der Waals surface area contributed by atoms with Gasteiger partial charge in [-0.25, -0.2) is 17.2 Å². The highest BCUT2D eigenvalue weighted by molar-refractivity contribution is 7.92. The maximum Gasteiger partial charge on any atom is 0.387 e. The zero-order chi connectivity index (χ0) is 30.1. The van der Waals surface area contributed by atoms with Crippen molar-refractivity contribution in [2.24, 2.45) is 0 Å². The average molecular weight is 614 g/mol. The van der Waals surface area contributed by atoms with E-state index in [1.165, 1.54) is 61.5 Å². The van der Waals surface area contributed by atoms with Crippen LogP contribution >= 0.6 is 11.6 Å². The predicted molar refractivity (Wildman–Crippen MR) is 149 cm³/mol. The van der Waals surface area contributed by atoms with Crippen molar-refractivity contribution < 1.29 is 40.6 Å². The van der Waals surface area contributed by atoms with Gasteiger partial charge in [0.05, 0.1) is 22.1 Å². The molecule has 6 nitrogen and oxygen atoms in total. The summed E-state index contributed by atoms with van der Waals surface area (Å²) < 4.78 is 95.1. The molecule has 1 heterocycles. The van der Waals surface area contributed by atoms with Crippen LogP contribution in [-0.4, -0.2) is 38.4 Å². The van der Waals surface area contributed by atoms with Crippen LogP contribution in [0.4, 0.5) is 23.2 Å². The molecule has 0 fully saturated rings. The molecule has 0 amide bonds. The van der Waals surface area contributed by atoms with Crippen molar-refractivity contribution in [3.8, 4) is 11.5 Å². The number of ether oxygens (including phenoxy) is 2. The monoisotopic (exact) mass is 613 g/mol. The number of benzene rings is 3. The summed E-state index contributed by atoms with van der Waals surface area (Å²) in [5.41, 5.74) is -1.17. The molecule has 0 radical (unpaired) electrons. The second-order valence-electron chi connectivity index (χ2n) is 10.2. The number of sulfonamides is 1. The van der Waals surface area contributed by atoms with Crippen molar-refractivity contribution in [3.05, 3.63) is 82.4 Å². The molecule has 220 valence electrons. The molecule has 0 saturated heterocycles. The van der Waals surface area contributed by atoms with Gasteiger partial charge in [-0.15, -0.1) is 0 Å². The summed E-state index contributed by atoms with van der Waals surface area (Å²) in [5.74, 6) is -2.03. The summed E-state index contributed by atoms with van der Waals surface area (Å²) in [6, 6.07) is 11.4. The molecule has 0 aromatic heterocycles. The molecule has 1 N–H and O–H groups in total. The molecule has 1 unspecified atom stereocenters. The molecule has 12 heteroatoms. The number of halogens is 5. The molecular formula is C29H28ClF4NO5S. The van der Waals surface area contributed by atoms with Crippen molar-refractivity contribution in [1.82, 2.24) is 0 Å². The van der Waals surface area contributed by atoms with Gasteiger partial charge in [0.1, 0.15) is 29.1 Å². The van der Waals surface area contributed by atoms with E-state index in [1.54, 1.807) is 13.8 Å². The highest BCUT2D eigenvalue weighted by atomic mass is 35.5. The molecule has 1 aliphatic heterocycles. The number of nitrogens with zero attached hydrogens (tertiary/aromatic N) is 1. The van der Waals surface area contributed by atoms with E-state index in [0.29, 0.717) is 0 Å². The van der Waals surface area contributed by atoms with Crippen LogP contribution in [0.1, 0.15) is 44.7 Å². The van der Waals surface area contributed by atoms with Crippen molar-refractivity contribution >= 4 is 39.0 Å². The lowest BCUT2D eigenvalue weighted by molar-refractivity contribution is -0.0500. The maximum absolute atomic E-state index is 16.2. The molecule has 1 aliphatic rings. The smallest absolute Gasteiger partial charge is 0.387 e. The second-order valence-corrected chi connectivity index (χ2v) is 12.5. The Morgan fingerprint density at radius 2 is 1.90 bits per heavy atom. The molecule has 0 bridgehead atoms. The quantitative estimate of drug-likeness (QED) is 0.203. The summed E-state index contributed by atoms with van der Waals surface area (Å²) in [4.78, 5) is -0.403. The second kappa shape index (κ2) is 11.9. The number of anilines is 1. The molecule has 0 aliphatic carbocycles. The predicted octanol–water partition coefficient (Wildman–Crippen LogP) is 7.29. The minimum Gasteiger partial charge on any atom is -0.486 e. The SMILES string of the molecule is CC(=Cc1ccc2c(c1F)N(S(=O)(=O)c1cccc(OC(F)F)c1)CC(CCC(C)(C)O)O2)c1c(F)cccc1Cl. The van der Waals surface area contributed by atoms with Crippen LogP contribution in [0.15, 0.2) is 59.5 Å². The number of allylic oxidation sites excluding steroid dienone is 1. The fraction of sp³-hybridized carbons (Fsp3) is 0.310. The van der Waals surface area contributed by atoms with Crippen molar-refractivity contribution in [3.63, 3.8) is 0 Å². The van der Waals surface area contributed by atoms with E-state index >= 15 is 4.39 Å². The van der Waals surface area contributed by atoms with Crippen LogP contribution in [0, 0.1) is 11.6 Å². The zero-order valence-corrected chi connectivity index (χ0v) is 23.9. The lowest BCUT2D eigenvalue weighted by Gasteiger charge is -2.36. The van der Waals surface area contributed by atoms with Gasteiger partial charge in [-0.05, 0) is 81.7 Å². The maximum atomic E-state index is 16.2. The first kappa shape index (κ1) is 30.7. The third-order valence-corrected chi connectivity index (χ3v) is 8.52. The van der Waals surface area contributed by atoms with E-state index < -0.39 is 50.6 Å². The number of hydrogen-bond acceptors (Lipinski definition) is 5. The summed E-state index contributed by atoms with van der Waals surface area (Å²) >= 11 is 6.16. The molecule has 3 aromatic carbocycles. The number of rotatable bonds is 9. The first-order chi connectivity index (χ1) is 19.2. The number of aliphatic hydroxyl groups is 1. The topological polar surface area (TPSA) is 76.1 Å². The Morgan fingerprint density at radius 1 is 1.20 bits per heavy atom. The van der Waals surface area contributed by atoms with Crippen molar-refractivity contribution in [2.75, 3.05) is 10.8 Å². The van der Waals surface area contributed by atoms with Crippen LogP contribution in [0.5, 0.6) is 11.5 Å². The molecule has 4 rings (SSSR count). The Bertz CT molecular complexity index is 1550. The van der Waals surface area contributed by atoms with E-state index in [2.05, 4.69) is 4.74 Å². The van der Waals surface area contributed by atoms with Crippen molar-refractivity contribution in [2.45, 2.75) is 56.8 Å². The van der Waals surface area contributed by atoms with Gasteiger partial charge in [0.2, 0.25) is 0 Å². The van der Waals surface area contributed by atoms with Crippen LogP contribution < -0.4 is 13.8 Å². The van der Waals surface area contributed by atoms with E-state index in [-0.39, 0.29) is 52.6 Å². The minimum absolute atomic E-state index is 0.0610. The standard InChI is InChI=1S/C29H28ClF4NO5S/c1-17(25-22(30)8-5-9-23(25)31)14-18-10-11-24-27(26(18)32)35(16-20(39-24)12-13-29(2,3)36)41(37,38)21-7-4-6-19(15-21)40-28(33)34/h4-11,14-15,20,28,36H,12-13,16H2,1-3H3. The highest BCUT2D eigenvalue weighted by Crippen LogP contribution is 2.42. The summed E-state index contributed by atoms with van der Waals surface area (Å²) in [7, 11) is -4.53. The molecular weight excluding hydrogens is 586 g/mol. The zero-order valence-electron chi connectivity index (χ0n) is 22.4.